The highest BCUT2D eigenvalue weighted by molar-refractivity contribution is 7.92. The maximum Gasteiger partial charge on any atom is 0.181 e. The molecule has 1 aromatic carbocycles. The average Bonchev–Trinajstić information content (AvgIpc) is 3.19. The second-order valence-corrected chi connectivity index (χ2v) is 8.52. The molecule has 0 saturated heterocycles. The molecule has 5 nitrogen and oxygen atoms in total. The van der Waals surface area contributed by atoms with Gasteiger partial charge < -0.3 is 5.32 Å². The van der Waals surface area contributed by atoms with Gasteiger partial charge in [0.25, 0.3) is 0 Å². The molecule has 2 aromatic rings. The number of aryl methyl sites for hydroxylation is 1. The number of aromatic nitrogens is 2. The molecule has 1 aliphatic rings. The molecule has 3 rings (SSSR count). The van der Waals surface area contributed by atoms with Gasteiger partial charge in [0.2, 0.25) is 0 Å². The van der Waals surface area contributed by atoms with Crippen molar-refractivity contribution in [3.05, 3.63) is 42.2 Å². The average molecular weight is 333 g/mol. The van der Waals surface area contributed by atoms with E-state index in [0.717, 1.165) is 36.9 Å². The fraction of sp³-hybridized carbons (Fsp3) is 0.471. The molecular formula is C17H23N3O2S. The lowest BCUT2D eigenvalue weighted by Crippen LogP contribution is -2.17. The summed E-state index contributed by atoms with van der Waals surface area (Å²) in [6.45, 7) is 2.05. The van der Waals surface area contributed by atoms with E-state index >= 15 is 0 Å². The van der Waals surface area contributed by atoms with Gasteiger partial charge in [0.05, 0.1) is 22.0 Å². The van der Waals surface area contributed by atoms with E-state index in [0.29, 0.717) is 4.90 Å². The fourth-order valence-corrected chi connectivity index (χ4v) is 5.02. The van der Waals surface area contributed by atoms with E-state index in [1.165, 1.54) is 0 Å². The number of hydrogen-bond acceptors (Lipinski definition) is 4. The maximum absolute atomic E-state index is 12.6. The third kappa shape index (κ3) is 3.42. The molecule has 1 saturated carbocycles. The lowest BCUT2D eigenvalue weighted by Gasteiger charge is -2.16. The highest BCUT2D eigenvalue weighted by Gasteiger charge is 2.30. The molecule has 1 fully saturated rings. The van der Waals surface area contributed by atoms with Gasteiger partial charge in [-0.1, -0.05) is 25.0 Å². The van der Waals surface area contributed by atoms with Gasteiger partial charge in [-0.25, -0.2) is 8.42 Å². The zero-order valence-electron chi connectivity index (χ0n) is 13.6. The number of nitrogens with zero attached hydrogens (tertiary/aromatic N) is 2. The molecule has 0 radical (unpaired) electrons. The van der Waals surface area contributed by atoms with Gasteiger partial charge in [-0.3, -0.25) is 4.68 Å². The van der Waals surface area contributed by atoms with Crippen LogP contribution in [0.3, 0.4) is 0 Å². The van der Waals surface area contributed by atoms with E-state index in [-0.39, 0.29) is 11.3 Å². The zero-order valence-corrected chi connectivity index (χ0v) is 14.4. The second-order valence-electron chi connectivity index (χ2n) is 6.29. The summed E-state index contributed by atoms with van der Waals surface area (Å²) >= 11 is 0. The number of benzene rings is 1. The van der Waals surface area contributed by atoms with Gasteiger partial charge in [-0.15, -0.1) is 0 Å². The summed E-state index contributed by atoms with van der Waals surface area (Å²) in [7, 11) is -1.30. The van der Waals surface area contributed by atoms with E-state index < -0.39 is 9.84 Å². The van der Waals surface area contributed by atoms with Gasteiger partial charge in [0.1, 0.15) is 0 Å². The monoisotopic (exact) mass is 333 g/mol. The van der Waals surface area contributed by atoms with E-state index in [4.69, 9.17) is 0 Å². The molecule has 0 amide bonds. The van der Waals surface area contributed by atoms with Crippen LogP contribution in [0.1, 0.15) is 44.2 Å². The molecule has 0 bridgehead atoms. The number of nitrogens with one attached hydrogen (secondary N) is 1. The minimum absolute atomic E-state index is 0.0856. The second kappa shape index (κ2) is 6.35. The van der Waals surface area contributed by atoms with Crippen LogP contribution in [0.15, 0.2) is 41.6 Å². The quantitative estimate of drug-likeness (QED) is 0.912. The molecule has 6 heteroatoms. The molecule has 1 atom stereocenters. The first kappa shape index (κ1) is 16.1. The van der Waals surface area contributed by atoms with Gasteiger partial charge in [-0.2, -0.15) is 5.10 Å². The number of anilines is 1. The molecular weight excluding hydrogens is 310 g/mol. The Bertz CT molecular complexity index is 759. The van der Waals surface area contributed by atoms with Crippen LogP contribution in [-0.2, 0) is 16.9 Å². The molecule has 0 spiro atoms. The Morgan fingerprint density at radius 1 is 1.22 bits per heavy atom. The number of rotatable bonds is 5. The third-order valence-electron chi connectivity index (χ3n) is 4.54. The summed E-state index contributed by atoms with van der Waals surface area (Å²) in [5.74, 6) is 0. The van der Waals surface area contributed by atoms with E-state index in [1.807, 2.05) is 32.3 Å². The first-order valence-electron chi connectivity index (χ1n) is 8.06. The predicted molar refractivity (Wildman–Crippen MR) is 91.1 cm³/mol. The van der Waals surface area contributed by atoms with Gasteiger partial charge in [-0.05, 0) is 37.5 Å². The first-order valence-corrected chi connectivity index (χ1v) is 9.60. The standard InChI is InChI=1S/C17H23N3O2S/c1-13(19-15-11-18-20(2)12-15)14-7-9-17(10-8-14)23(21,22)16-5-3-4-6-16/h7-13,16,19H,3-6H2,1-2H3. The third-order valence-corrected chi connectivity index (χ3v) is 6.82. The minimum atomic E-state index is -3.17. The maximum atomic E-state index is 12.6. The van der Waals surface area contributed by atoms with Crippen LogP contribution in [0, 0.1) is 0 Å². The number of hydrogen-bond donors (Lipinski definition) is 1. The normalized spacial score (nSPS) is 17.3. The summed E-state index contributed by atoms with van der Waals surface area (Å²) in [6, 6.07) is 7.36. The zero-order chi connectivity index (χ0) is 16.4. The van der Waals surface area contributed by atoms with Crippen molar-refractivity contribution in [1.82, 2.24) is 9.78 Å². The van der Waals surface area contributed by atoms with E-state index in [9.17, 15) is 8.42 Å². The van der Waals surface area contributed by atoms with Crippen LogP contribution in [0.4, 0.5) is 5.69 Å². The van der Waals surface area contributed by atoms with Crippen molar-refractivity contribution in [2.45, 2.75) is 48.8 Å². The van der Waals surface area contributed by atoms with E-state index in [2.05, 4.69) is 10.4 Å². The highest BCUT2D eigenvalue weighted by atomic mass is 32.2. The Hall–Kier alpha value is -1.82. The lowest BCUT2D eigenvalue weighted by molar-refractivity contribution is 0.579. The van der Waals surface area contributed by atoms with Crippen molar-refractivity contribution in [3.8, 4) is 0 Å². The van der Waals surface area contributed by atoms with Crippen molar-refractivity contribution in [1.29, 1.82) is 0 Å². The molecule has 124 valence electrons. The Morgan fingerprint density at radius 3 is 2.43 bits per heavy atom. The molecule has 1 unspecified atom stereocenters. The van der Waals surface area contributed by atoms with Crippen LogP contribution >= 0.6 is 0 Å². The number of sulfone groups is 1. The molecule has 0 aliphatic heterocycles. The summed E-state index contributed by atoms with van der Waals surface area (Å²) in [5.41, 5.74) is 2.00. The smallest absolute Gasteiger partial charge is 0.181 e. The van der Waals surface area contributed by atoms with Gasteiger partial charge in [0, 0.05) is 19.3 Å². The van der Waals surface area contributed by atoms with Crippen LogP contribution in [0.2, 0.25) is 0 Å². The van der Waals surface area contributed by atoms with Crippen LogP contribution in [-0.4, -0.2) is 23.4 Å². The highest BCUT2D eigenvalue weighted by Crippen LogP contribution is 2.30. The van der Waals surface area contributed by atoms with Crippen molar-refractivity contribution >= 4 is 15.5 Å². The fourth-order valence-electron chi connectivity index (χ4n) is 3.17. The summed E-state index contributed by atoms with van der Waals surface area (Å²) in [5, 5.41) is 7.29. The van der Waals surface area contributed by atoms with Gasteiger partial charge in [0.15, 0.2) is 9.84 Å². The Balaban J connectivity index is 1.73. The first-order chi connectivity index (χ1) is 11.0. The minimum Gasteiger partial charge on any atom is -0.376 e. The Morgan fingerprint density at radius 2 is 1.87 bits per heavy atom. The summed E-state index contributed by atoms with van der Waals surface area (Å²) in [6.07, 6.45) is 7.32. The van der Waals surface area contributed by atoms with Gasteiger partial charge >= 0.3 is 0 Å². The Labute approximate surface area is 137 Å². The van der Waals surface area contributed by atoms with Crippen LogP contribution in [0.25, 0.3) is 0 Å². The Kier molecular flexibility index (Phi) is 4.43. The molecule has 1 aliphatic carbocycles. The summed E-state index contributed by atoms with van der Waals surface area (Å²) < 4.78 is 26.9. The SMILES string of the molecule is CC(Nc1cnn(C)c1)c1ccc(S(=O)(=O)C2CCCC2)cc1. The van der Waals surface area contributed by atoms with Crippen molar-refractivity contribution in [2.75, 3.05) is 5.32 Å². The topological polar surface area (TPSA) is 64.0 Å². The van der Waals surface area contributed by atoms with E-state index in [1.54, 1.807) is 23.0 Å². The van der Waals surface area contributed by atoms with Crippen molar-refractivity contribution in [2.24, 2.45) is 7.05 Å². The molecule has 1 heterocycles. The molecule has 1 N–H and O–H groups in total. The van der Waals surface area contributed by atoms with Crippen LogP contribution < -0.4 is 5.32 Å². The van der Waals surface area contributed by atoms with Crippen molar-refractivity contribution < 1.29 is 8.42 Å². The largest absolute Gasteiger partial charge is 0.376 e. The molecule has 23 heavy (non-hydrogen) atoms. The summed E-state index contributed by atoms with van der Waals surface area (Å²) in [4.78, 5) is 0.446. The molecule has 1 aromatic heterocycles. The lowest BCUT2D eigenvalue weighted by atomic mass is 10.1. The predicted octanol–water partition coefficient (Wildman–Crippen LogP) is 3.31. The van der Waals surface area contributed by atoms with Crippen LogP contribution in [0.5, 0.6) is 0 Å². The van der Waals surface area contributed by atoms with Crippen molar-refractivity contribution in [3.63, 3.8) is 0 Å².